The summed E-state index contributed by atoms with van der Waals surface area (Å²) in [4.78, 5) is 5.39. The number of nitrogens with zero attached hydrogens (tertiary/aromatic N) is 3. The Hall–Kier alpha value is -2.19. The van der Waals surface area contributed by atoms with E-state index < -0.39 is 6.10 Å². The monoisotopic (exact) mass is 364 g/mol. The van der Waals surface area contributed by atoms with Crippen molar-refractivity contribution in [1.29, 1.82) is 0 Å². The molecule has 1 atom stereocenters. The van der Waals surface area contributed by atoms with Crippen LogP contribution in [0.2, 0.25) is 0 Å². The molecule has 0 aliphatic carbocycles. The smallest absolute Gasteiger partial charge is 0.214 e. The molecule has 0 bridgehead atoms. The topological polar surface area (TPSA) is 71.7 Å². The van der Waals surface area contributed by atoms with Crippen molar-refractivity contribution in [2.45, 2.75) is 32.3 Å². The first kappa shape index (κ1) is 17.6. The molecule has 6 nitrogen and oxygen atoms in total. The summed E-state index contributed by atoms with van der Waals surface area (Å²) in [5.74, 6) is 0.195. The zero-order valence-corrected chi connectivity index (χ0v) is 15.2. The van der Waals surface area contributed by atoms with E-state index in [1.807, 2.05) is 6.20 Å². The highest BCUT2D eigenvalue weighted by Gasteiger charge is 2.19. The Labute approximate surface area is 149 Å². The Kier molecular flexibility index (Phi) is 4.91. The van der Waals surface area contributed by atoms with E-state index in [0.717, 1.165) is 10.7 Å². The summed E-state index contributed by atoms with van der Waals surface area (Å²) < 4.78 is 20.0. The van der Waals surface area contributed by atoms with Crippen molar-refractivity contribution >= 4 is 21.4 Å². The van der Waals surface area contributed by atoms with E-state index in [2.05, 4.69) is 36.2 Å². The van der Waals surface area contributed by atoms with Crippen molar-refractivity contribution in [2.24, 2.45) is 0 Å². The van der Waals surface area contributed by atoms with Gasteiger partial charge in [-0.2, -0.15) is 0 Å². The van der Waals surface area contributed by atoms with Gasteiger partial charge in [-0.15, -0.1) is 5.10 Å². The summed E-state index contributed by atoms with van der Waals surface area (Å²) in [6, 6.07) is 5.69. The van der Waals surface area contributed by atoms with Gasteiger partial charge in [0.05, 0.1) is 11.9 Å². The first-order valence-corrected chi connectivity index (χ1v) is 8.80. The number of aromatic nitrogens is 3. The summed E-state index contributed by atoms with van der Waals surface area (Å²) in [5.41, 5.74) is 0.972. The molecule has 0 saturated carbocycles. The number of anilines is 1. The molecule has 2 heterocycles. The van der Waals surface area contributed by atoms with Crippen LogP contribution in [0.5, 0.6) is 5.75 Å². The van der Waals surface area contributed by atoms with Crippen LogP contribution in [0.15, 0.2) is 30.5 Å². The lowest BCUT2D eigenvalue weighted by Crippen LogP contribution is -2.26. The number of nitrogens with one attached hydrogen (secondary N) is 1. The quantitative estimate of drug-likeness (QED) is 0.703. The third kappa shape index (κ3) is 4.46. The van der Waals surface area contributed by atoms with Gasteiger partial charge in [-0.1, -0.05) is 32.1 Å². The molecule has 0 amide bonds. The summed E-state index contributed by atoms with van der Waals surface area (Å²) >= 11 is 1.43. The van der Waals surface area contributed by atoms with Gasteiger partial charge in [0.1, 0.15) is 24.3 Å². The highest BCUT2D eigenvalue weighted by molar-refractivity contribution is 7.20. The second kappa shape index (κ2) is 6.97. The first-order chi connectivity index (χ1) is 11.8. The van der Waals surface area contributed by atoms with Crippen LogP contribution in [0.1, 0.15) is 26.5 Å². The summed E-state index contributed by atoms with van der Waals surface area (Å²) in [5, 5.41) is 18.2. The molecule has 0 aliphatic heterocycles. The fourth-order valence-corrected chi connectivity index (χ4v) is 2.91. The van der Waals surface area contributed by atoms with Gasteiger partial charge >= 0.3 is 0 Å². The molecule has 1 unspecified atom stereocenters. The number of halogens is 1. The molecule has 2 N–H and O–H groups in total. The average Bonchev–Trinajstić information content (AvgIpc) is 3.10. The van der Waals surface area contributed by atoms with Gasteiger partial charge in [0.15, 0.2) is 0 Å². The van der Waals surface area contributed by atoms with Crippen LogP contribution in [0.25, 0.3) is 4.96 Å². The highest BCUT2D eigenvalue weighted by atomic mass is 32.1. The minimum absolute atomic E-state index is 0.0190. The standard InChI is InChI=1S/C17H21FN4O2S/c1-17(2,3)14-9-22-16(20-14)25-15(21-22)19-8-12(23)10-24-13-6-4-11(18)5-7-13/h4-7,9,12,23H,8,10H2,1-3H3,(H,19,21). The number of rotatable bonds is 6. The van der Waals surface area contributed by atoms with Crippen molar-refractivity contribution in [2.75, 3.05) is 18.5 Å². The first-order valence-electron chi connectivity index (χ1n) is 7.98. The van der Waals surface area contributed by atoms with E-state index in [1.54, 1.807) is 4.52 Å². The van der Waals surface area contributed by atoms with Crippen molar-refractivity contribution in [3.63, 3.8) is 0 Å². The highest BCUT2D eigenvalue weighted by Crippen LogP contribution is 2.25. The summed E-state index contributed by atoms with van der Waals surface area (Å²) in [6.45, 7) is 6.72. The van der Waals surface area contributed by atoms with E-state index in [-0.39, 0.29) is 17.8 Å². The maximum atomic E-state index is 12.8. The van der Waals surface area contributed by atoms with Gasteiger partial charge in [-0.3, -0.25) is 0 Å². The van der Waals surface area contributed by atoms with Crippen LogP contribution in [0, 0.1) is 5.82 Å². The van der Waals surface area contributed by atoms with Gasteiger partial charge < -0.3 is 15.2 Å². The third-order valence-electron chi connectivity index (χ3n) is 3.56. The minimum atomic E-state index is -0.716. The fraction of sp³-hybridized carbons (Fsp3) is 0.412. The molecule has 2 aromatic heterocycles. The van der Waals surface area contributed by atoms with Crippen molar-refractivity contribution in [3.05, 3.63) is 42.0 Å². The van der Waals surface area contributed by atoms with Crippen molar-refractivity contribution in [3.8, 4) is 5.75 Å². The largest absolute Gasteiger partial charge is 0.491 e. The SMILES string of the molecule is CC(C)(C)c1cn2nc(NCC(O)COc3ccc(F)cc3)sc2n1. The Morgan fingerprint density at radius 3 is 2.68 bits per heavy atom. The van der Waals surface area contributed by atoms with Crippen LogP contribution >= 0.6 is 11.3 Å². The number of aliphatic hydroxyl groups excluding tert-OH is 1. The molecule has 3 aromatic rings. The third-order valence-corrected chi connectivity index (χ3v) is 4.44. The number of aliphatic hydroxyl groups is 1. The Balaban J connectivity index is 1.51. The van der Waals surface area contributed by atoms with Crippen molar-refractivity contribution in [1.82, 2.24) is 14.6 Å². The molecule has 134 valence electrons. The van der Waals surface area contributed by atoms with Crippen molar-refractivity contribution < 1.29 is 14.2 Å². The molecular formula is C17H21FN4O2S. The number of hydrogen-bond donors (Lipinski definition) is 2. The molecule has 0 aliphatic rings. The molecule has 0 saturated heterocycles. The van der Waals surface area contributed by atoms with Crippen LogP contribution in [0.3, 0.4) is 0 Å². The second-order valence-corrected chi connectivity index (χ2v) is 7.77. The molecule has 0 spiro atoms. The average molecular weight is 364 g/mol. The van der Waals surface area contributed by atoms with Crippen LogP contribution < -0.4 is 10.1 Å². The van der Waals surface area contributed by atoms with E-state index in [9.17, 15) is 9.50 Å². The van der Waals surface area contributed by atoms with Gasteiger partial charge in [-0.25, -0.2) is 13.9 Å². The van der Waals surface area contributed by atoms with Crippen LogP contribution in [0.4, 0.5) is 9.52 Å². The van der Waals surface area contributed by atoms with E-state index in [0.29, 0.717) is 17.4 Å². The lowest BCUT2D eigenvalue weighted by molar-refractivity contribution is 0.117. The lowest BCUT2D eigenvalue weighted by atomic mass is 9.93. The van der Waals surface area contributed by atoms with E-state index in [4.69, 9.17) is 4.74 Å². The molecule has 25 heavy (non-hydrogen) atoms. The van der Waals surface area contributed by atoms with Gasteiger partial charge in [0, 0.05) is 12.0 Å². The van der Waals surface area contributed by atoms with E-state index >= 15 is 0 Å². The summed E-state index contributed by atoms with van der Waals surface area (Å²) in [7, 11) is 0. The normalized spacial score (nSPS) is 13.2. The van der Waals surface area contributed by atoms with Crippen LogP contribution in [-0.2, 0) is 5.41 Å². The Morgan fingerprint density at radius 2 is 2.04 bits per heavy atom. The number of imidazole rings is 1. The lowest BCUT2D eigenvalue weighted by Gasteiger charge is -2.13. The molecular weight excluding hydrogens is 343 g/mol. The zero-order valence-electron chi connectivity index (χ0n) is 14.4. The molecule has 0 radical (unpaired) electrons. The Morgan fingerprint density at radius 1 is 1.32 bits per heavy atom. The van der Waals surface area contributed by atoms with E-state index in [1.165, 1.54) is 35.6 Å². The predicted molar refractivity (Wildman–Crippen MR) is 96.0 cm³/mol. The number of benzene rings is 1. The molecule has 0 fully saturated rings. The maximum absolute atomic E-state index is 12.8. The Bertz CT molecular complexity index is 807. The van der Waals surface area contributed by atoms with Gasteiger partial charge in [0.2, 0.25) is 10.1 Å². The molecule has 8 heteroatoms. The number of fused-ring (bicyclic) bond motifs is 1. The fourth-order valence-electron chi connectivity index (χ4n) is 2.12. The van der Waals surface area contributed by atoms with Gasteiger partial charge in [0.25, 0.3) is 0 Å². The van der Waals surface area contributed by atoms with Gasteiger partial charge in [-0.05, 0) is 24.3 Å². The predicted octanol–water partition coefficient (Wildman–Crippen LogP) is 3.08. The second-order valence-electron chi connectivity index (χ2n) is 6.81. The molecule has 3 rings (SSSR count). The zero-order chi connectivity index (χ0) is 18.0. The number of ether oxygens (including phenoxy) is 1. The number of hydrogen-bond acceptors (Lipinski definition) is 6. The summed E-state index contributed by atoms with van der Waals surface area (Å²) in [6.07, 6.45) is 1.21. The van der Waals surface area contributed by atoms with Crippen LogP contribution in [-0.4, -0.2) is 39.0 Å². The minimum Gasteiger partial charge on any atom is -0.491 e. The maximum Gasteiger partial charge on any atom is 0.214 e. The molecule has 1 aromatic carbocycles.